The summed E-state index contributed by atoms with van der Waals surface area (Å²) in [6, 6.07) is 19.9. The smallest absolute Gasteiger partial charge is 0.343 e. The molecule has 186 valence electrons. The zero-order valence-electron chi connectivity index (χ0n) is 20.6. The van der Waals surface area contributed by atoms with E-state index in [1.54, 1.807) is 30.3 Å². The van der Waals surface area contributed by atoms with E-state index in [0.29, 0.717) is 34.2 Å². The van der Waals surface area contributed by atoms with Gasteiger partial charge in [0, 0.05) is 40.7 Å². The molecule has 4 rings (SSSR count). The standard InChI is InChI=1S/C29H27Cl2NO4/c1-29(2,28(34)35-4)17-26-24(15-18-5-9-20(30)10-6-18)23-14-13-22(16-25(23)32(26)3)36-27(33)19-7-11-21(31)12-8-19/h5-14,16H,15,17H2,1-4H3. The quantitative estimate of drug-likeness (QED) is 0.192. The Morgan fingerprint density at radius 1 is 0.917 bits per heavy atom. The third-order valence-electron chi connectivity index (χ3n) is 6.34. The van der Waals surface area contributed by atoms with Gasteiger partial charge in [0.2, 0.25) is 0 Å². The molecule has 36 heavy (non-hydrogen) atoms. The van der Waals surface area contributed by atoms with Gasteiger partial charge in [-0.05, 0) is 79.9 Å². The highest BCUT2D eigenvalue weighted by Crippen LogP contribution is 2.35. The Hall–Kier alpha value is -3.28. The Labute approximate surface area is 220 Å². The second kappa shape index (κ2) is 10.4. The van der Waals surface area contributed by atoms with Gasteiger partial charge in [0.25, 0.3) is 0 Å². The number of hydrogen-bond donors (Lipinski definition) is 0. The predicted molar refractivity (Wildman–Crippen MR) is 143 cm³/mol. The summed E-state index contributed by atoms with van der Waals surface area (Å²) < 4.78 is 12.8. The lowest BCUT2D eigenvalue weighted by Crippen LogP contribution is -2.29. The molecule has 0 saturated carbocycles. The normalized spacial score (nSPS) is 11.5. The Balaban J connectivity index is 1.75. The Kier molecular flexibility index (Phi) is 7.43. The maximum atomic E-state index is 12.6. The fourth-order valence-electron chi connectivity index (χ4n) is 4.36. The van der Waals surface area contributed by atoms with Crippen LogP contribution in [0.5, 0.6) is 5.75 Å². The van der Waals surface area contributed by atoms with Crippen LogP contribution in [0.15, 0.2) is 66.7 Å². The van der Waals surface area contributed by atoms with Gasteiger partial charge >= 0.3 is 11.9 Å². The second-order valence-electron chi connectivity index (χ2n) is 9.42. The molecule has 5 nitrogen and oxygen atoms in total. The van der Waals surface area contributed by atoms with E-state index in [1.807, 2.05) is 57.3 Å². The minimum atomic E-state index is -0.727. The molecule has 0 amide bonds. The van der Waals surface area contributed by atoms with Crippen molar-refractivity contribution >= 4 is 46.0 Å². The van der Waals surface area contributed by atoms with Crippen molar-refractivity contribution in [2.45, 2.75) is 26.7 Å². The van der Waals surface area contributed by atoms with E-state index in [-0.39, 0.29) is 5.97 Å². The average Bonchev–Trinajstić information content (AvgIpc) is 3.10. The molecular weight excluding hydrogens is 497 g/mol. The van der Waals surface area contributed by atoms with E-state index < -0.39 is 11.4 Å². The number of benzene rings is 3. The van der Waals surface area contributed by atoms with Gasteiger partial charge in [0.15, 0.2) is 0 Å². The van der Waals surface area contributed by atoms with Crippen LogP contribution in [0.4, 0.5) is 0 Å². The van der Waals surface area contributed by atoms with Crippen LogP contribution in [0.3, 0.4) is 0 Å². The monoisotopic (exact) mass is 523 g/mol. The zero-order valence-corrected chi connectivity index (χ0v) is 22.1. The molecule has 0 spiro atoms. The number of nitrogens with zero attached hydrogens (tertiary/aromatic N) is 1. The van der Waals surface area contributed by atoms with Crippen molar-refractivity contribution in [2.75, 3.05) is 7.11 Å². The molecule has 0 saturated heterocycles. The molecule has 3 aromatic carbocycles. The number of ether oxygens (including phenoxy) is 2. The number of halogens is 2. The summed E-state index contributed by atoms with van der Waals surface area (Å²) in [5, 5.41) is 2.25. The van der Waals surface area contributed by atoms with Crippen LogP contribution in [0.2, 0.25) is 10.0 Å². The van der Waals surface area contributed by atoms with E-state index in [9.17, 15) is 9.59 Å². The maximum absolute atomic E-state index is 12.6. The van der Waals surface area contributed by atoms with Crippen LogP contribution in [-0.4, -0.2) is 23.6 Å². The van der Waals surface area contributed by atoms with Gasteiger partial charge < -0.3 is 14.0 Å². The number of esters is 2. The highest BCUT2D eigenvalue weighted by Gasteiger charge is 2.32. The third kappa shape index (κ3) is 5.43. The van der Waals surface area contributed by atoms with Crippen LogP contribution >= 0.6 is 23.2 Å². The number of hydrogen-bond acceptors (Lipinski definition) is 4. The van der Waals surface area contributed by atoms with E-state index in [2.05, 4.69) is 4.57 Å². The van der Waals surface area contributed by atoms with Crippen molar-refractivity contribution in [3.05, 3.63) is 99.2 Å². The van der Waals surface area contributed by atoms with Gasteiger partial charge in [-0.25, -0.2) is 4.79 Å². The number of aryl methyl sites for hydroxylation is 1. The summed E-state index contributed by atoms with van der Waals surface area (Å²) >= 11 is 12.0. The topological polar surface area (TPSA) is 57.5 Å². The lowest BCUT2D eigenvalue weighted by molar-refractivity contribution is -0.150. The Bertz CT molecular complexity index is 1420. The molecule has 0 atom stereocenters. The highest BCUT2D eigenvalue weighted by atomic mass is 35.5. The average molecular weight is 524 g/mol. The minimum Gasteiger partial charge on any atom is -0.469 e. The van der Waals surface area contributed by atoms with E-state index in [0.717, 1.165) is 27.7 Å². The summed E-state index contributed by atoms with van der Waals surface area (Å²) in [5.74, 6) is -0.309. The number of rotatable bonds is 7. The van der Waals surface area contributed by atoms with Crippen molar-refractivity contribution in [2.24, 2.45) is 12.5 Å². The first-order valence-electron chi connectivity index (χ1n) is 11.5. The number of fused-ring (bicyclic) bond motifs is 1. The summed E-state index contributed by atoms with van der Waals surface area (Å²) in [5.41, 5.74) is 3.79. The van der Waals surface area contributed by atoms with E-state index in [4.69, 9.17) is 32.7 Å². The van der Waals surface area contributed by atoms with Gasteiger partial charge in [-0.3, -0.25) is 4.79 Å². The van der Waals surface area contributed by atoms with Crippen LogP contribution in [0.1, 0.15) is 41.0 Å². The zero-order chi connectivity index (χ0) is 26.0. The van der Waals surface area contributed by atoms with Crippen molar-refractivity contribution in [1.82, 2.24) is 4.57 Å². The first-order valence-corrected chi connectivity index (χ1v) is 12.3. The number of aromatic nitrogens is 1. The molecule has 0 bridgehead atoms. The van der Waals surface area contributed by atoms with Crippen LogP contribution < -0.4 is 4.74 Å². The molecular formula is C29H27Cl2NO4. The largest absolute Gasteiger partial charge is 0.469 e. The van der Waals surface area contributed by atoms with E-state index in [1.165, 1.54) is 7.11 Å². The van der Waals surface area contributed by atoms with Crippen molar-refractivity contribution in [3.8, 4) is 5.75 Å². The summed E-state index contributed by atoms with van der Waals surface area (Å²) in [6.07, 6.45) is 1.14. The minimum absolute atomic E-state index is 0.275. The van der Waals surface area contributed by atoms with Crippen LogP contribution in [0, 0.1) is 5.41 Å². The molecule has 0 aliphatic heterocycles. The summed E-state index contributed by atoms with van der Waals surface area (Å²) in [6.45, 7) is 3.75. The predicted octanol–water partition coefficient (Wildman–Crippen LogP) is 7.04. The SMILES string of the molecule is COC(=O)C(C)(C)Cc1c(Cc2ccc(Cl)cc2)c2ccc(OC(=O)c3ccc(Cl)cc3)cc2n1C. The van der Waals surface area contributed by atoms with Gasteiger partial charge in [-0.15, -0.1) is 0 Å². The van der Waals surface area contributed by atoms with Crippen molar-refractivity contribution < 1.29 is 19.1 Å². The lowest BCUT2D eigenvalue weighted by atomic mass is 9.85. The molecule has 0 aliphatic carbocycles. The van der Waals surface area contributed by atoms with Crippen LogP contribution in [0.25, 0.3) is 10.9 Å². The van der Waals surface area contributed by atoms with Gasteiger partial charge in [0.05, 0.1) is 23.6 Å². The molecule has 1 aromatic heterocycles. The Morgan fingerprint density at radius 2 is 1.53 bits per heavy atom. The van der Waals surface area contributed by atoms with Crippen LogP contribution in [-0.2, 0) is 29.4 Å². The first-order chi connectivity index (χ1) is 17.1. The number of carbonyl (C=O) groups is 2. The molecule has 4 aromatic rings. The van der Waals surface area contributed by atoms with Gasteiger partial charge in [0.1, 0.15) is 5.75 Å². The molecule has 0 radical (unpaired) electrons. The third-order valence-corrected chi connectivity index (χ3v) is 6.84. The lowest BCUT2D eigenvalue weighted by Gasteiger charge is -2.23. The molecule has 0 fully saturated rings. The number of methoxy groups -OCH3 is 1. The molecule has 7 heteroatoms. The fourth-order valence-corrected chi connectivity index (χ4v) is 4.61. The van der Waals surface area contributed by atoms with Gasteiger partial charge in [-0.1, -0.05) is 35.3 Å². The molecule has 0 unspecified atom stereocenters. The van der Waals surface area contributed by atoms with Gasteiger partial charge in [-0.2, -0.15) is 0 Å². The first kappa shape index (κ1) is 25.8. The Morgan fingerprint density at radius 3 is 2.14 bits per heavy atom. The summed E-state index contributed by atoms with van der Waals surface area (Å²) in [7, 11) is 3.36. The van der Waals surface area contributed by atoms with E-state index >= 15 is 0 Å². The van der Waals surface area contributed by atoms with Crippen molar-refractivity contribution in [3.63, 3.8) is 0 Å². The summed E-state index contributed by atoms with van der Waals surface area (Å²) in [4.78, 5) is 25.1. The second-order valence-corrected chi connectivity index (χ2v) is 10.3. The molecule has 1 heterocycles. The molecule has 0 N–H and O–H groups in total. The fraction of sp³-hybridized carbons (Fsp3) is 0.241. The highest BCUT2D eigenvalue weighted by molar-refractivity contribution is 6.30. The molecule has 0 aliphatic rings. The maximum Gasteiger partial charge on any atom is 0.343 e. The van der Waals surface area contributed by atoms with Crippen molar-refractivity contribution in [1.29, 1.82) is 0 Å². The number of carbonyl (C=O) groups excluding carboxylic acids is 2.